The Morgan fingerprint density at radius 2 is 2.47 bits per heavy atom. The van der Waals surface area contributed by atoms with Crippen LogP contribution >= 0.6 is 0 Å². The van der Waals surface area contributed by atoms with E-state index in [0.29, 0.717) is 0 Å². The quantitative estimate of drug-likeness (QED) is 0.588. The summed E-state index contributed by atoms with van der Waals surface area (Å²) in [6.45, 7) is 1.95. The van der Waals surface area contributed by atoms with Crippen LogP contribution in [0.15, 0.2) is 23.9 Å². The Hall–Kier alpha value is -1.09. The second-order valence-corrected chi connectivity index (χ2v) is 4.16. The summed E-state index contributed by atoms with van der Waals surface area (Å²) in [6, 6.07) is 2.06. The summed E-state index contributed by atoms with van der Waals surface area (Å²) in [5, 5.41) is 7.74. The molecule has 1 aromatic rings. The minimum atomic E-state index is 0.883. The van der Waals surface area contributed by atoms with E-state index in [4.69, 9.17) is 0 Å². The summed E-state index contributed by atoms with van der Waals surface area (Å²) in [6.07, 6.45) is 9.53. The SMILES string of the molecule is Cn1ccc(CNCCC2=CCCC2)n1. The molecule has 2 rings (SSSR count). The first-order chi connectivity index (χ1) is 7.34. The minimum Gasteiger partial charge on any atom is -0.311 e. The minimum absolute atomic E-state index is 0.883. The van der Waals surface area contributed by atoms with Gasteiger partial charge in [0.15, 0.2) is 0 Å². The molecule has 1 heterocycles. The highest BCUT2D eigenvalue weighted by atomic mass is 15.3. The fourth-order valence-electron chi connectivity index (χ4n) is 1.99. The van der Waals surface area contributed by atoms with E-state index in [1.807, 2.05) is 17.9 Å². The van der Waals surface area contributed by atoms with Gasteiger partial charge in [0.1, 0.15) is 0 Å². The van der Waals surface area contributed by atoms with Gasteiger partial charge >= 0.3 is 0 Å². The highest BCUT2D eigenvalue weighted by Crippen LogP contribution is 2.19. The first kappa shape index (κ1) is 10.4. The summed E-state index contributed by atoms with van der Waals surface area (Å²) < 4.78 is 1.84. The third kappa shape index (κ3) is 3.20. The van der Waals surface area contributed by atoms with Crippen LogP contribution in [0, 0.1) is 0 Å². The molecule has 0 radical (unpaired) electrons. The van der Waals surface area contributed by atoms with Crippen LogP contribution < -0.4 is 5.32 Å². The molecular weight excluding hydrogens is 186 g/mol. The van der Waals surface area contributed by atoms with Crippen LogP contribution in [-0.2, 0) is 13.6 Å². The third-order valence-corrected chi connectivity index (χ3v) is 2.83. The highest BCUT2D eigenvalue weighted by molar-refractivity contribution is 5.07. The monoisotopic (exact) mass is 205 g/mol. The lowest BCUT2D eigenvalue weighted by molar-refractivity contribution is 0.647. The number of rotatable bonds is 5. The topological polar surface area (TPSA) is 29.9 Å². The zero-order valence-electron chi connectivity index (χ0n) is 9.37. The van der Waals surface area contributed by atoms with Gasteiger partial charge in [-0.1, -0.05) is 11.6 Å². The normalized spacial score (nSPS) is 15.7. The molecule has 0 saturated heterocycles. The number of nitrogens with zero attached hydrogens (tertiary/aromatic N) is 2. The van der Waals surface area contributed by atoms with Crippen molar-refractivity contribution in [2.45, 2.75) is 32.2 Å². The second-order valence-electron chi connectivity index (χ2n) is 4.16. The molecule has 0 bridgehead atoms. The van der Waals surface area contributed by atoms with Crippen molar-refractivity contribution in [2.24, 2.45) is 7.05 Å². The van der Waals surface area contributed by atoms with Gasteiger partial charge in [0.25, 0.3) is 0 Å². The zero-order chi connectivity index (χ0) is 10.5. The van der Waals surface area contributed by atoms with Gasteiger partial charge in [0.05, 0.1) is 5.69 Å². The summed E-state index contributed by atoms with van der Waals surface area (Å²) in [5.41, 5.74) is 2.75. The lowest BCUT2D eigenvalue weighted by Crippen LogP contribution is -2.15. The molecule has 0 atom stereocenters. The number of nitrogens with one attached hydrogen (secondary N) is 1. The Labute approximate surface area is 91.2 Å². The molecule has 82 valence electrons. The average Bonchev–Trinajstić information content (AvgIpc) is 2.84. The molecule has 1 N–H and O–H groups in total. The molecule has 1 aliphatic carbocycles. The molecule has 0 spiro atoms. The Kier molecular flexibility index (Phi) is 3.56. The van der Waals surface area contributed by atoms with E-state index in [1.165, 1.54) is 25.7 Å². The molecule has 1 aromatic heterocycles. The van der Waals surface area contributed by atoms with Crippen LogP contribution in [0.4, 0.5) is 0 Å². The van der Waals surface area contributed by atoms with Crippen LogP contribution in [0.2, 0.25) is 0 Å². The molecule has 0 unspecified atom stereocenters. The van der Waals surface area contributed by atoms with E-state index in [-0.39, 0.29) is 0 Å². The smallest absolute Gasteiger partial charge is 0.0762 e. The van der Waals surface area contributed by atoms with Crippen molar-refractivity contribution in [1.29, 1.82) is 0 Å². The van der Waals surface area contributed by atoms with Crippen LogP contribution in [0.1, 0.15) is 31.4 Å². The number of aryl methyl sites for hydroxylation is 1. The Morgan fingerprint density at radius 3 is 3.13 bits per heavy atom. The van der Waals surface area contributed by atoms with Crippen molar-refractivity contribution in [3.05, 3.63) is 29.6 Å². The van der Waals surface area contributed by atoms with Gasteiger partial charge in [-0.3, -0.25) is 4.68 Å². The molecule has 0 aromatic carbocycles. The molecule has 0 fully saturated rings. The van der Waals surface area contributed by atoms with Crippen molar-refractivity contribution in [3.8, 4) is 0 Å². The molecule has 15 heavy (non-hydrogen) atoms. The van der Waals surface area contributed by atoms with Crippen molar-refractivity contribution >= 4 is 0 Å². The standard InChI is InChI=1S/C12H19N3/c1-15-9-7-12(14-15)10-13-8-6-11-4-2-3-5-11/h4,7,9,13H,2-3,5-6,8,10H2,1H3. The Balaban J connectivity index is 1.62. The number of hydrogen-bond acceptors (Lipinski definition) is 2. The van der Waals surface area contributed by atoms with E-state index in [9.17, 15) is 0 Å². The predicted octanol–water partition coefficient (Wildman–Crippen LogP) is 2.01. The zero-order valence-corrected chi connectivity index (χ0v) is 9.37. The summed E-state index contributed by atoms with van der Waals surface area (Å²) in [7, 11) is 1.95. The first-order valence-electron chi connectivity index (χ1n) is 5.72. The lowest BCUT2D eigenvalue weighted by atomic mass is 10.2. The Morgan fingerprint density at radius 1 is 1.53 bits per heavy atom. The maximum Gasteiger partial charge on any atom is 0.0762 e. The number of hydrogen-bond donors (Lipinski definition) is 1. The lowest BCUT2D eigenvalue weighted by Gasteiger charge is -2.03. The van der Waals surface area contributed by atoms with Gasteiger partial charge in [-0.05, 0) is 38.3 Å². The number of aromatic nitrogens is 2. The van der Waals surface area contributed by atoms with Crippen LogP contribution in [0.3, 0.4) is 0 Å². The van der Waals surface area contributed by atoms with Gasteiger partial charge in [-0.2, -0.15) is 5.10 Å². The van der Waals surface area contributed by atoms with Crippen molar-refractivity contribution < 1.29 is 0 Å². The number of allylic oxidation sites excluding steroid dienone is 1. The van der Waals surface area contributed by atoms with Gasteiger partial charge < -0.3 is 5.32 Å². The van der Waals surface area contributed by atoms with Gasteiger partial charge in [-0.15, -0.1) is 0 Å². The van der Waals surface area contributed by atoms with Gasteiger partial charge in [-0.25, -0.2) is 0 Å². The fraction of sp³-hybridized carbons (Fsp3) is 0.583. The van der Waals surface area contributed by atoms with E-state index >= 15 is 0 Å². The first-order valence-corrected chi connectivity index (χ1v) is 5.72. The largest absolute Gasteiger partial charge is 0.311 e. The maximum absolute atomic E-state index is 4.32. The van der Waals surface area contributed by atoms with E-state index in [0.717, 1.165) is 18.8 Å². The van der Waals surface area contributed by atoms with E-state index < -0.39 is 0 Å². The molecular formula is C12H19N3. The maximum atomic E-state index is 4.32. The van der Waals surface area contributed by atoms with Gasteiger partial charge in [0, 0.05) is 19.8 Å². The van der Waals surface area contributed by atoms with E-state index in [2.05, 4.69) is 22.6 Å². The Bertz CT molecular complexity index is 338. The molecule has 0 aliphatic heterocycles. The van der Waals surface area contributed by atoms with E-state index in [1.54, 1.807) is 5.57 Å². The summed E-state index contributed by atoms with van der Waals surface area (Å²) in [5.74, 6) is 0. The van der Waals surface area contributed by atoms with Crippen LogP contribution in [0.5, 0.6) is 0 Å². The second kappa shape index (κ2) is 5.12. The third-order valence-electron chi connectivity index (χ3n) is 2.83. The molecule has 0 amide bonds. The molecule has 3 heteroatoms. The fourth-order valence-corrected chi connectivity index (χ4v) is 1.99. The summed E-state index contributed by atoms with van der Waals surface area (Å²) >= 11 is 0. The van der Waals surface area contributed by atoms with Crippen molar-refractivity contribution in [3.63, 3.8) is 0 Å². The van der Waals surface area contributed by atoms with Crippen LogP contribution in [-0.4, -0.2) is 16.3 Å². The highest BCUT2D eigenvalue weighted by Gasteiger charge is 2.03. The van der Waals surface area contributed by atoms with Gasteiger partial charge in [0.2, 0.25) is 0 Å². The van der Waals surface area contributed by atoms with Crippen LogP contribution in [0.25, 0.3) is 0 Å². The molecule has 0 saturated carbocycles. The van der Waals surface area contributed by atoms with Crippen molar-refractivity contribution in [2.75, 3.05) is 6.54 Å². The molecule has 1 aliphatic rings. The van der Waals surface area contributed by atoms with Crippen molar-refractivity contribution in [1.82, 2.24) is 15.1 Å². The predicted molar refractivity (Wildman–Crippen MR) is 61.5 cm³/mol. The summed E-state index contributed by atoms with van der Waals surface area (Å²) in [4.78, 5) is 0. The molecule has 3 nitrogen and oxygen atoms in total. The average molecular weight is 205 g/mol.